The SMILES string of the molecule is Cc1cc(-c2nncc3n[nH]c(C4CC4)c23)ccc1S(C)(=O)=O. The van der Waals surface area contributed by atoms with Gasteiger partial charge < -0.3 is 0 Å². The maximum absolute atomic E-state index is 11.8. The van der Waals surface area contributed by atoms with Crippen molar-refractivity contribution in [2.24, 2.45) is 0 Å². The lowest BCUT2D eigenvalue weighted by molar-refractivity contribution is 0.601. The van der Waals surface area contributed by atoms with Crippen LogP contribution in [0.5, 0.6) is 0 Å². The number of nitrogens with zero attached hydrogens (tertiary/aromatic N) is 3. The lowest BCUT2D eigenvalue weighted by Gasteiger charge is -2.08. The van der Waals surface area contributed by atoms with Gasteiger partial charge in [-0.1, -0.05) is 6.07 Å². The van der Waals surface area contributed by atoms with Gasteiger partial charge in [-0.25, -0.2) is 8.42 Å². The van der Waals surface area contributed by atoms with Crippen LogP contribution in [-0.4, -0.2) is 35.1 Å². The van der Waals surface area contributed by atoms with Crippen molar-refractivity contribution in [2.45, 2.75) is 30.6 Å². The molecule has 0 saturated heterocycles. The van der Waals surface area contributed by atoms with E-state index < -0.39 is 9.84 Å². The van der Waals surface area contributed by atoms with Crippen molar-refractivity contribution in [3.63, 3.8) is 0 Å². The van der Waals surface area contributed by atoms with Crippen molar-refractivity contribution in [1.82, 2.24) is 20.4 Å². The first kappa shape index (κ1) is 14.3. The average molecular weight is 328 g/mol. The molecule has 1 fully saturated rings. The van der Waals surface area contributed by atoms with Crippen LogP contribution in [0.1, 0.15) is 30.0 Å². The zero-order valence-corrected chi connectivity index (χ0v) is 13.7. The number of rotatable bonds is 3. The smallest absolute Gasteiger partial charge is 0.175 e. The Bertz CT molecular complexity index is 1020. The predicted octanol–water partition coefficient (Wildman–Crippen LogP) is 2.61. The number of benzene rings is 1. The van der Waals surface area contributed by atoms with E-state index in [4.69, 9.17) is 0 Å². The number of aromatic nitrogens is 4. The molecule has 1 aromatic carbocycles. The summed E-state index contributed by atoms with van der Waals surface area (Å²) in [5, 5.41) is 16.8. The van der Waals surface area contributed by atoms with Gasteiger partial charge in [0.05, 0.1) is 16.5 Å². The number of fused-ring (bicyclic) bond motifs is 1. The van der Waals surface area contributed by atoms with Crippen molar-refractivity contribution in [1.29, 1.82) is 0 Å². The van der Waals surface area contributed by atoms with Gasteiger partial charge in [-0.15, -0.1) is 5.10 Å². The Morgan fingerprint density at radius 1 is 1.26 bits per heavy atom. The van der Waals surface area contributed by atoms with E-state index in [9.17, 15) is 8.42 Å². The Hall–Kier alpha value is -2.28. The van der Waals surface area contributed by atoms with Crippen molar-refractivity contribution in [2.75, 3.05) is 6.26 Å². The van der Waals surface area contributed by atoms with Crippen molar-refractivity contribution < 1.29 is 8.42 Å². The van der Waals surface area contributed by atoms with E-state index in [1.54, 1.807) is 25.3 Å². The number of aryl methyl sites for hydroxylation is 1. The van der Waals surface area contributed by atoms with Crippen LogP contribution in [0.3, 0.4) is 0 Å². The number of nitrogens with one attached hydrogen (secondary N) is 1. The second kappa shape index (κ2) is 4.86. The lowest BCUT2D eigenvalue weighted by Crippen LogP contribution is -2.00. The topological polar surface area (TPSA) is 88.6 Å². The molecule has 0 spiro atoms. The number of hydrogen-bond donors (Lipinski definition) is 1. The highest BCUT2D eigenvalue weighted by molar-refractivity contribution is 7.90. The van der Waals surface area contributed by atoms with Gasteiger partial charge in [0.1, 0.15) is 11.2 Å². The summed E-state index contributed by atoms with van der Waals surface area (Å²) in [7, 11) is -3.23. The summed E-state index contributed by atoms with van der Waals surface area (Å²) in [4.78, 5) is 0.344. The first-order valence-electron chi connectivity index (χ1n) is 7.46. The van der Waals surface area contributed by atoms with Gasteiger partial charge in [-0.3, -0.25) is 5.10 Å². The number of sulfone groups is 1. The zero-order chi connectivity index (χ0) is 16.2. The van der Waals surface area contributed by atoms with Crippen LogP contribution in [0, 0.1) is 6.92 Å². The first-order chi connectivity index (χ1) is 10.9. The predicted molar refractivity (Wildman–Crippen MR) is 86.9 cm³/mol. The van der Waals surface area contributed by atoms with E-state index in [0.29, 0.717) is 16.4 Å². The fourth-order valence-electron chi connectivity index (χ4n) is 2.99. The van der Waals surface area contributed by atoms with Crippen LogP contribution in [-0.2, 0) is 9.84 Å². The van der Waals surface area contributed by atoms with E-state index in [1.807, 2.05) is 6.07 Å². The monoisotopic (exact) mass is 328 g/mol. The highest BCUT2D eigenvalue weighted by Gasteiger charge is 2.29. The van der Waals surface area contributed by atoms with E-state index in [-0.39, 0.29) is 0 Å². The molecule has 118 valence electrons. The molecule has 3 aromatic rings. The van der Waals surface area contributed by atoms with E-state index in [0.717, 1.165) is 40.7 Å². The molecule has 0 unspecified atom stereocenters. The quantitative estimate of drug-likeness (QED) is 0.798. The van der Waals surface area contributed by atoms with E-state index in [1.165, 1.54) is 6.26 Å². The maximum Gasteiger partial charge on any atom is 0.175 e. The molecule has 1 aliphatic carbocycles. The first-order valence-corrected chi connectivity index (χ1v) is 9.35. The number of hydrogen-bond acceptors (Lipinski definition) is 5. The molecule has 1 saturated carbocycles. The number of aromatic amines is 1. The Morgan fingerprint density at radius 3 is 2.70 bits per heavy atom. The molecule has 2 heterocycles. The average Bonchev–Trinajstić information content (AvgIpc) is 3.24. The van der Waals surface area contributed by atoms with Crippen LogP contribution in [0.15, 0.2) is 29.3 Å². The fourth-order valence-corrected chi connectivity index (χ4v) is 3.95. The minimum Gasteiger partial charge on any atom is -0.281 e. The largest absolute Gasteiger partial charge is 0.281 e. The normalized spacial score (nSPS) is 15.2. The van der Waals surface area contributed by atoms with Gasteiger partial charge >= 0.3 is 0 Å². The Kier molecular flexibility index (Phi) is 3.02. The summed E-state index contributed by atoms with van der Waals surface area (Å²) in [6, 6.07) is 5.28. The third-order valence-corrected chi connectivity index (χ3v) is 5.49. The molecule has 23 heavy (non-hydrogen) atoms. The molecule has 0 atom stereocenters. The zero-order valence-electron chi connectivity index (χ0n) is 12.9. The van der Waals surface area contributed by atoms with Crippen LogP contribution >= 0.6 is 0 Å². The van der Waals surface area contributed by atoms with Gasteiger partial charge in [0.25, 0.3) is 0 Å². The summed E-state index contributed by atoms with van der Waals surface area (Å²) in [5.74, 6) is 0.513. The van der Waals surface area contributed by atoms with Gasteiger partial charge in [-0.05, 0) is 37.5 Å². The molecule has 6 nitrogen and oxygen atoms in total. The van der Waals surface area contributed by atoms with Gasteiger partial charge in [0.15, 0.2) is 9.84 Å². The summed E-state index contributed by atoms with van der Waals surface area (Å²) < 4.78 is 23.6. The van der Waals surface area contributed by atoms with Crippen LogP contribution in [0.4, 0.5) is 0 Å². The molecule has 0 radical (unpaired) electrons. The van der Waals surface area contributed by atoms with Crippen molar-refractivity contribution in [3.05, 3.63) is 35.7 Å². The van der Waals surface area contributed by atoms with Gasteiger partial charge in [0.2, 0.25) is 0 Å². The van der Waals surface area contributed by atoms with Gasteiger partial charge in [0, 0.05) is 23.4 Å². The summed E-state index contributed by atoms with van der Waals surface area (Å²) in [5.41, 5.74) is 4.22. The molecule has 1 aliphatic rings. The lowest BCUT2D eigenvalue weighted by atomic mass is 10.0. The Labute approximate surface area is 133 Å². The molecule has 0 bridgehead atoms. The molecular weight excluding hydrogens is 312 g/mol. The minimum atomic E-state index is -3.23. The molecule has 4 rings (SSSR count). The fraction of sp³-hybridized carbons (Fsp3) is 0.312. The van der Waals surface area contributed by atoms with Gasteiger partial charge in [-0.2, -0.15) is 10.2 Å². The molecule has 0 aliphatic heterocycles. The maximum atomic E-state index is 11.8. The molecule has 2 aromatic heterocycles. The second-order valence-electron chi connectivity index (χ2n) is 6.12. The summed E-state index contributed by atoms with van der Waals surface area (Å²) in [6.45, 7) is 1.80. The highest BCUT2D eigenvalue weighted by atomic mass is 32.2. The molecule has 1 N–H and O–H groups in total. The summed E-state index contributed by atoms with van der Waals surface area (Å²) in [6.07, 6.45) is 5.19. The van der Waals surface area contributed by atoms with Crippen LogP contribution in [0.2, 0.25) is 0 Å². The second-order valence-corrected chi connectivity index (χ2v) is 8.10. The third kappa shape index (κ3) is 2.41. The van der Waals surface area contributed by atoms with Crippen molar-refractivity contribution >= 4 is 20.7 Å². The standard InChI is InChI=1S/C16H16N4O2S/c1-9-7-11(5-6-13(9)23(2,21)22)16-14-12(8-17-19-16)18-20-15(14)10-3-4-10/h5-8,10H,3-4H2,1-2H3,(H,18,20). The Morgan fingerprint density at radius 2 is 2.04 bits per heavy atom. The molecular formula is C16H16N4O2S. The van der Waals surface area contributed by atoms with Crippen molar-refractivity contribution in [3.8, 4) is 11.3 Å². The minimum absolute atomic E-state index is 0.344. The highest BCUT2D eigenvalue weighted by Crippen LogP contribution is 2.43. The molecule has 0 amide bonds. The number of H-pyrrole nitrogens is 1. The van der Waals surface area contributed by atoms with E-state index in [2.05, 4.69) is 20.4 Å². The molecule has 7 heteroatoms. The Balaban J connectivity index is 1.93. The van der Waals surface area contributed by atoms with Crippen LogP contribution in [0.25, 0.3) is 22.2 Å². The summed E-state index contributed by atoms with van der Waals surface area (Å²) >= 11 is 0. The third-order valence-electron chi connectivity index (χ3n) is 4.23. The van der Waals surface area contributed by atoms with Crippen LogP contribution < -0.4 is 0 Å². The van der Waals surface area contributed by atoms with E-state index >= 15 is 0 Å².